The molecule has 1 N–H and O–H groups in total. The summed E-state index contributed by atoms with van der Waals surface area (Å²) >= 11 is 0. The van der Waals surface area contributed by atoms with Crippen LogP contribution in [0, 0.1) is 5.41 Å². The topological polar surface area (TPSA) is 102 Å². The number of fused-ring (bicyclic) bond motifs is 4. The van der Waals surface area contributed by atoms with Gasteiger partial charge in [-0.05, 0) is 47.2 Å². The first kappa shape index (κ1) is 22.0. The summed E-state index contributed by atoms with van der Waals surface area (Å²) < 4.78 is 5.53. The van der Waals surface area contributed by atoms with Crippen LogP contribution in [0.4, 0.5) is 4.79 Å². The fourth-order valence-electron chi connectivity index (χ4n) is 4.92. The van der Waals surface area contributed by atoms with Gasteiger partial charge < -0.3 is 14.9 Å². The van der Waals surface area contributed by atoms with Gasteiger partial charge in [0, 0.05) is 12.5 Å². The number of benzene rings is 3. The van der Waals surface area contributed by atoms with Crippen LogP contribution < -0.4 is 5.32 Å². The fourth-order valence-corrected chi connectivity index (χ4v) is 4.92. The predicted octanol–water partition coefficient (Wildman–Crippen LogP) is 4.06. The average Bonchev–Trinajstić information content (AvgIpc) is 3.59. The van der Waals surface area contributed by atoms with Crippen molar-refractivity contribution >= 4 is 23.9 Å². The quantitative estimate of drug-likeness (QED) is 0.532. The Morgan fingerprint density at radius 2 is 1.31 bits per heavy atom. The molecule has 3 aliphatic rings. The second kappa shape index (κ2) is 8.34. The zero-order valence-corrected chi connectivity index (χ0v) is 19.2. The van der Waals surface area contributed by atoms with E-state index in [0.717, 1.165) is 22.3 Å². The number of imide groups is 1. The summed E-state index contributed by atoms with van der Waals surface area (Å²) in [6, 6.07) is 22.4. The van der Waals surface area contributed by atoms with Gasteiger partial charge in [-0.25, -0.2) is 9.59 Å². The van der Waals surface area contributed by atoms with E-state index in [0.29, 0.717) is 17.9 Å². The van der Waals surface area contributed by atoms with Crippen LogP contribution in [0.3, 0.4) is 0 Å². The summed E-state index contributed by atoms with van der Waals surface area (Å²) in [5.74, 6) is -2.15. The number of ether oxygens (including phenoxy) is 1. The molecule has 1 aliphatic heterocycles. The number of nitrogens with one attached hydrogen (secondary N) is 1. The summed E-state index contributed by atoms with van der Waals surface area (Å²) in [5.41, 5.74) is 3.88. The summed E-state index contributed by atoms with van der Waals surface area (Å²) in [4.78, 5) is 55.5. The van der Waals surface area contributed by atoms with Gasteiger partial charge in [-0.2, -0.15) is 0 Å². The number of carbonyl (C=O) groups excluding carboxylic acids is 4. The van der Waals surface area contributed by atoms with Crippen LogP contribution in [-0.2, 0) is 14.4 Å². The van der Waals surface area contributed by atoms with Crippen LogP contribution in [-0.4, -0.2) is 42.1 Å². The summed E-state index contributed by atoms with van der Waals surface area (Å²) in [5, 5.41) is 3.15. The molecule has 36 heavy (non-hydrogen) atoms. The van der Waals surface area contributed by atoms with E-state index in [4.69, 9.17) is 9.57 Å². The van der Waals surface area contributed by atoms with Gasteiger partial charge in [0.05, 0.1) is 16.5 Å². The molecule has 0 bridgehead atoms. The first-order chi connectivity index (χ1) is 17.5. The minimum Gasteiger partial charge on any atom is -0.449 e. The monoisotopic (exact) mass is 482 g/mol. The third-order valence-electron chi connectivity index (χ3n) is 7.13. The normalized spacial score (nSPS) is 16.7. The SMILES string of the molecule is O=C(NCC1(C(=O)ON2C(=O)c3ccccc3C2=O)CC1)OCC1c2ccccc2-c2ccccc21. The highest BCUT2D eigenvalue weighted by molar-refractivity contribution is 6.21. The largest absolute Gasteiger partial charge is 0.449 e. The highest BCUT2D eigenvalue weighted by atomic mass is 16.7. The van der Waals surface area contributed by atoms with Crippen molar-refractivity contribution in [2.45, 2.75) is 18.8 Å². The first-order valence-electron chi connectivity index (χ1n) is 11.8. The molecule has 3 aromatic rings. The molecule has 0 aromatic heterocycles. The van der Waals surface area contributed by atoms with E-state index < -0.39 is 29.3 Å². The van der Waals surface area contributed by atoms with Crippen LogP contribution in [0.5, 0.6) is 0 Å². The number of hydrogen-bond acceptors (Lipinski definition) is 6. The molecule has 1 saturated carbocycles. The first-order valence-corrected chi connectivity index (χ1v) is 11.8. The van der Waals surface area contributed by atoms with Gasteiger partial charge in [-0.1, -0.05) is 65.7 Å². The van der Waals surface area contributed by atoms with Crippen molar-refractivity contribution in [3.8, 4) is 11.1 Å². The molecule has 8 heteroatoms. The van der Waals surface area contributed by atoms with Crippen LogP contribution in [0.2, 0.25) is 0 Å². The zero-order chi connectivity index (χ0) is 24.9. The molecule has 3 aromatic carbocycles. The van der Waals surface area contributed by atoms with Gasteiger partial charge in [0.15, 0.2) is 0 Å². The maximum absolute atomic E-state index is 12.8. The zero-order valence-electron chi connectivity index (χ0n) is 19.2. The maximum Gasteiger partial charge on any atom is 0.407 e. The van der Waals surface area contributed by atoms with Gasteiger partial charge in [0.25, 0.3) is 11.8 Å². The molecule has 0 unspecified atom stereocenters. The van der Waals surface area contributed by atoms with E-state index in [-0.39, 0.29) is 30.2 Å². The lowest BCUT2D eigenvalue weighted by molar-refractivity contribution is -0.175. The van der Waals surface area contributed by atoms with Gasteiger partial charge in [0.2, 0.25) is 0 Å². The number of hydroxylamine groups is 2. The molecule has 180 valence electrons. The number of carbonyl (C=O) groups is 4. The Bertz CT molecular complexity index is 1350. The van der Waals surface area contributed by atoms with Crippen molar-refractivity contribution in [1.29, 1.82) is 0 Å². The molecule has 1 heterocycles. The minimum atomic E-state index is -0.985. The van der Waals surface area contributed by atoms with Crippen LogP contribution in [0.25, 0.3) is 11.1 Å². The van der Waals surface area contributed by atoms with Crippen molar-refractivity contribution in [3.05, 3.63) is 95.1 Å². The molecule has 0 radical (unpaired) electrons. The molecule has 0 spiro atoms. The Balaban J connectivity index is 1.06. The van der Waals surface area contributed by atoms with Crippen LogP contribution in [0.15, 0.2) is 72.8 Å². The molecule has 8 nitrogen and oxygen atoms in total. The second-order valence-corrected chi connectivity index (χ2v) is 9.29. The Kier molecular flexibility index (Phi) is 5.10. The lowest BCUT2D eigenvalue weighted by Gasteiger charge is -2.19. The van der Waals surface area contributed by atoms with E-state index in [1.54, 1.807) is 12.1 Å². The number of alkyl carbamates (subject to hydrolysis) is 1. The third kappa shape index (κ3) is 3.53. The van der Waals surface area contributed by atoms with Crippen molar-refractivity contribution in [3.63, 3.8) is 0 Å². The van der Waals surface area contributed by atoms with E-state index in [1.807, 2.05) is 36.4 Å². The Morgan fingerprint density at radius 1 is 0.806 bits per heavy atom. The highest BCUT2D eigenvalue weighted by Gasteiger charge is 2.54. The maximum atomic E-state index is 12.8. The highest BCUT2D eigenvalue weighted by Crippen LogP contribution is 2.47. The van der Waals surface area contributed by atoms with Crippen molar-refractivity contribution in [2.24, 2.45) is 5.41 Å². The summed E-state index contributed by atoms with van der Waals surface area (Å²) in [6.07, 6.45) is 0.300. The van der Waals surface area contributed by atoms with Crippen LogP contribution in [0.1, 0.15) is 50.6 Å². The molecule has 2 aliphatic carbocycles. The van der Waals surface area contributed by atoms with Crippen molar-refractivity contribution in [1.82, 2.24) is 10.4 Å². The number of hydrogen-bond donors (Lipinski definition) is 1. The Hall–Kier alpha value is -4.46. The lowest BCUT2D eigenvalue weighted by Crippen LogP contribution is -2.40. The van der Waals surface area contributed by atoms with Gasteiger partial charge in [0.1, 0.15) is 6.61 Å². The van der Waals surface area contributed by atoms with Gasteiger partial charge in [-0.15, -0.1) is 0 Å². The molecule has 1 fully saturated rings. The smallest absolute Gasteiger partial charge is 0.407 e. The predicted molar refractivity (Wildman–Crippen MR) is 128 cm³/mol. The fraction of sp³-hybridized carbons (Fsp3) is 0.214. The third-order valence-corrected chi connectivity index (χ3v) is 7.13. The second-order valence-electron chi connectivity index (χ2n) is 9.29. The Labute approximate surface area is 206 Å². The molecule has 3 amide bonds. The molecule has 0 saturated heterocycles. The number of amides is 3. The number of rotatable bonds is 6. The van der Waals surface area contributed by atoms with Crippen molar-refractivity contribution < 1.29 is 28.8 Å². The minimum absolute atomic E-state index is 0.00826. The lowest BCUT2D eigenvalue weighted by atomic mass is 9.98. The van der Waals surface area contributed by atoms with Crippen LogP contribution >= 0.6 is 0 Å². The van der Waals surface area contributed by atoms with Gasteiger partial charge in [-0.3, -0.25) is 9.59 Å². The molecule has 6 rings (SSSR count). The van der Waals surface area contributed by atoms with E-state index in [1.165, 1.54) is 12.1 Å². The van der Waals surface area contributed by atoms with Crippen molar-refractivity contribution in [2.75, 3.05) is 13.2 Å². The summed E-state index contributed by atoms with van der Waals surface area (Å²) in [6.45, 7) is 0.151. The molecule has 0 atom stereocenters. The van der Waals surface area contributed by atoms with Gasteiger partial charge >= 0.3 is 12.1 Å². The summed E-state index contributed by atoms with van der Waals surface area (Å²) in [7, 11) is 0. The van der Waals surface area contributed by atoms with E-state index in [2.05, 4.69) is 17.4 Å². The number of nitrogens with zero attached hydrogens (tertiary/aromatic N) is 1. The molecular weight excluding hydrogens is 460 g/mol. The average molecular weight is 482 g/mol. The molecular formula is C28H22N2O6. The Morgan fingerprint density at radius 3 is 1.83 bits per heavy atom. The van der Waals surface area contributed by atoms with E-state index >= 15 is 0 Å². The standard InChI is InChI=1S/C28H22N2O6/c31-24-21-11-5-6-12-22(21)25(32)30(24)36-26(33)28(13-14-28)16-29-27(34)35-15-23-19-9-3-1-7-17(19)18-8-2-4-10-20(18)23/h1-12,23H,13-16H2,(H,29,34). The van der Waals surface area contributed by atoms with E-state index in [9.17, 15) is 19.2 Å².